The smallest absolute Gasteiger partial charge is 0.200 e. The maximum absolute atomic E-state index is 13.6. The van der Waals surface area contributed by atoms with Crippen molar-refractivity contribution in [3.8, 4) is 0 Å². The van der Waals surface area contributed by atoms with Gasteiger partial charge in [0.2, 0.25) is 0 Å². The standard InChI is InChI=1S/C22H22F2N2O3/c1-13-7-18(14(2)25-17-10-15(23)9-16(24)11-17)22-19(8-13)20(27)12-21(29-22)26-3-5-28-6-4-26/h7-12,14,25H,3-6H2,1-2H3. The molecule has 1 saturated heterocycles. The monoisotopic (exact) mass is 400 g/mol. The van der Waals surface area contributed by atoms with Crippen LogP contribution in [-0.4, -0.2) is 26.3 Å². The van der Waals surface area contributed by atoms with Crippen LogP contribution in [0.3, 0.4) is 0 Å². The highest BCUT2D eigenvalue weighted by molar-refractivity contribution is 5.82. The predicted molar refractivity (Wildman–Crippen MR) is 109 cm³/mol. The zero-order valence-corrected chi connectivity index (χ0v) is 16.3. The molecule has 0 amide bonds. The van der Waals surface area contributed by atoms with E-state index in [9.17, 15) is 13.6 Å². The summed E-state index contributed by atoms with van der Waals surface area (Å²) in [6.45, 7) is 6.19. The van der Waals surface area contributed by atoms with Crippen LogP contribution in [0.4, 0.5) is 20.4 Å². The van der Waals surface area contributed by atoms with Crippen molar-refractivity contribution in [3.63, 3.8) is 0 Å². The molecule has 1 aliphatic rings. The lowest BCUT2D eigenvalue weighted by Crippen LogP contribution is -2.36. The number of hydrogen-bond donors (Lipinski definition) is 1. The summed E-state index contributed by atoms with van der Waals surface area (Å²) in [4.78, 5) is 14.8. The lowest BCUT2D eigenvalue weighted by Gasteiger charge is -2.27. The highest BCUT2D eigenvalue weighted by Gasteiger charge is 2.19. The third kappa shape index (κ3) is 4.10. The fourth-order valence-corrected chi connectivity index (χ4v) is 3.65. The molecule has 2 aromatic carbocycles. The summed E-state index contributed by atoms with van der Waals surface area (Å²) in [6.07, 6.45) is 0. The summed E-state index contributed by atoms with van der Waals surface area (Å²) < 4.78 is 38.6. The number of benzene rings is 2. The van der Waals surface area contributed by atoms with Gasteiger partial charge in [0, 0.05) is 36.5 Å². The summed E-state index contributed by atoms with van der Waals surface area (Å²) in [5.74, 6) is -0.815. The van der Waals surface area contributed by atoms with Crippen molar-refractivity contribution in [1.29, 1.82) is 0 Å². The highest BCUT2D eigenvalue weighted by atomic mass is 19.1. The number of hydrogen-bond acceptors (Lipinski definition) is 5. The van der Waals surface area contributed by atoms with Gasteiger partial charge in [-0.2, -0.15) is 0 Å². The maximum Gasteiger partial charge on any atom is 0.200 e. The SMILES string of the molecule is Cc1cc(C(C)Nc2cc(F)cc(F)c2)c2oc(N3CCOCC3)cc(=O)c2c1. The van der Waals surface area contributed by atoms with Crippen LogP contribution >= 0.6 is 0 Å². The number of halogens is 2. The largest absolute Gasteiger partial charge is 0.440 e. The molecule has 1 atom stereocenters. The van der Waals surface area contributed by atoms with Crippen LogP contribution in [0, 0.1) is 18.6 Å². The van der Waals surface area contributed by atoms with Gasteiger partial charge in [-0.25, -0.2) is 8.78 Å². The number of aryl methyl sites for hydroxylation is 1. The number of ether oxygens (including phenoxy) is 1. The van der Waals surface area contributed by atoms with Crippen molar-refractivity contribution in [2.45, 2.75) is 19.9 Å². The minimum Gasteiger partial charge on any atom is -0.440 e. The van der Waals surface area contributed by atoms with Gasteiger partial charge in [-0.05, 0) is 37.6 Å². The number of anilines is 2. The van der Waals surface area contributed by atoms with Crippen LogP contribution in [0.15, 0.2) is 45.6 Å². The first-order chi connectivity index (χ1) is 13.9. The van der Waals surface area contributed by atoms with E-state index in [2.05, 4.69) is 5.32 Å². The van der Waals surface area contributed by atoms with Gasteiger partial charge in [0.25, 0.3) is 0 Å². The van der Waals surface area contributed by atoms with Gasteiger partial charge in [0.05, 0.1) is 24.6 Å². The van der Waals surface area contributed by atoms with Crippen molar-refractivity contribution in [2.75, 3.05) is 36.5 Å². The van der Waals surface area contributed by atoms with E-state index in [-0.39, 0.29) is 11.5 Å². The molecule has 0 spiro atoms. The molecule has 1 aliphatic heterocycles. The predicted octanol–water partition coefficient (Wildman–Crippen LogP) is 4.39. The summed E-state index contributed by atoms with van der Waals surface area (Å²) in [5.41, 5.74) is 2.31. The minimum absolute atomic E-state index is 0.123. The lowest BCUT2D eigenvalue weighted by atomic mass is 10.0. The zero-order valence-electron chi connectivity index (χ0n) is 16.3. The van der Waals surface area contributed by atoms with E-state index in [0.717, 1.165) is 17.2 Å². The average molecular weight is 400 g/mol. The van der Waals surface area contributed by atoms with Crippen LogP contribution in [0.25, 0.3) is 11.0 Å². The topological polar surface area (TPSA) is 54.7 Å². The molecule has 4 rings (SSSR count). The number of rotatable bonds is 4. The van der Waals surface area contributed by atoms with Crippen LogP contribution in [0.2, 0.25) is 0 Å². The van der Waals surface area contributed by atoms with Gasteiger partial charge < -0.3 is 19.4 Å². The summed E-state index contributed by atoms with van der Waals surface area (Å²) in [6, 6.07) is 8.16. The molecule has 0 bridgehead atoms. The third-order valence-electron chi connectivity index (χ3n) is 5.02. The molecule has 152 valence electrons. The van der Waals surface area contributed by atoms with Crippen molar-refractivity contribution in [1.82, 2.24) is 0 Å². The molecule has 1 unspecified atom stereocenters. The summed E-state index contributed by atoms with van der Waals surface area (Å²) in [7, 11) is 0. The average Bonchev–Trinajstić information content (AvgIpc) is 2.67. The normalized spacial score (nSPS) is 15.5. The second-order valence-corrected chi connectivity index (χ2v) is 7.30. The molecule has 0 saturated carbocycles. The first-order valence-electron chi connectivity index (χ1n) is 9.54. The Labute approximate surface area is 166 Å². The molecule has 1 fully saturated rings. The van der Waals surface area contributed by atoms with E-state index in [1.807, 2.05) is 24.8 Å². The lowest BCUT2D eigenvalue weighted by molar-refractivity contribution is 0.121. The third-order valence-corrected chi connectivity index (χ3v) is 5.02. The second kappa shape index (κ2) is 7.83. The number of morpholine rings is 1. The highest BCUT2D eigenvalue weighted by Crippen LogP contribution is 2.30. The van der Waals surface area contributed by atoms with Crippen LogP contribution in [0.1, 0.15) is 24.1 Å². The second-order valence-electron chi connectivity index (χ2n) is 7.30. The minimum atomic E-state index is -0.657. The van der Waals surface area contributed by atoms with Crippen LogP contribution in [-0.2, 0) is 4.74 Å². The molecule has 1 aromatic heterocycles. The van der Waals surface area contributed by atoms with Gasteiger partial charge in [-0.3, -0.25) is 4.79 Å². The molecule has 5 nitrogen and oxygen atoms in total. The number of nitrogens with one attached hydrogen (secondary N) is 1. The van der Waals surface area contributed by atoms with Crippen molar-refractivity contribution in [3.05, 3.63) is 69.4 Å². The van der Waals surface area contributed by atoms with Crippen molar-refractivity contribution >= 4 is 22.5 Å². The van der Waals surface area contributed by atoms with Gasteiger partial charge in [0.15, 0.2) is 11.3 Å². The van der Waals surface area contributed by atoms with Crippen LogP contribution < -0.4 is 15.6 Å². The molecular weight excluding hydrogens is 378 g/mol. The van der Waals surface area contributed by atoms with E-state index >= 15 is 0 Å². The Bertz CT molecular complexity index is 1090. The van der Waals surface area contributed by atoms with Gasteiger partial charge in [-0.1, -0.05) is 6.07 Å². The number of fused-ring (bicyclic) bond motifs is 1. The van der Waals surface area contributed by atoms with Gasteiger partial charge in [-0.15, -0.1) is 0 Å². The Morgan fingerprint density at radius 2 is 1.72 bits per heavy atom. The van der Waals surface area contributed by atoms with Gasteiger partial charge >= 0.3 is 0 Å². The Morgan fingerprint density at radius 1 is 1.03 bits per heavy atom. The molecule has 3 aromatic rings. The Kier molecular flexibility index (Phi) is 5.24. The fraction of sp³-hybridized carbons (Fsp3) is 0.318. The molecular formula is C22H22F2N2O3. The fourth-order valence-electron chi connectivity index (χ4n) is 3.65. The Balaban J connectivity index is 1.77. The summed E-state index contributed by atoms with van der Waals surface area (Å²) >= 11 is 0. The van der Waals surface area contributed by atoms with E-state index in [0.29, 0.717) is 48.8 Å². The van der Waals surface area contributed by atoms with Crippen molar-refractivity contribution < 1.29 is 17.9 Å². The molecule has 0 radical (unpaired) electrons. The first-order valence-corrected chi connectivity index (χ1v) is 9.54. The van der Waals surface area contributed by atoms with Crippen LogP contribution in [0.5, 0.6) is 0 Å². The van der Waals surface area contributed by atoms with E-state index in [1.165, 1.54) is 18.2 Å². The maximum atomic E-state index is 13.6. The molecule has 29 heavy (non-hydrogen) atoms. The van der Waals surface area contributed by atoms with E-state index < -0.39 is 11.6 Å². The Morgan fingerprint density at radius 3 is 2.41 bits per heavy atom. The Hall–Kier alpha value is -2.93. The molecule has 0 aliphatic carbocycles. The van der Waals surface area contributed by atoms with Gasteiger partial charge in [0.1, 0.15) is 17.2 Å². The van der Waals surface area contributed by atoms with E-state index in [1.54, 1.807) is 6.07 Å². The molecule has 1 N–H and O–H groups in total. The van der Waals surface area contributed by atoms with E-state index in [4.69, 9.17) is 9.15 Å². The zero-order chi connectivity index (χ0) is 20.5. The summed E-state index contributed by atoms with van der Waals surface area (Å²) in [5, 5.41) is 3.58. The first kappa shape index (κ1) is 19.4. The number of nitrogens with zero attached hydrogens (tertiary/aromatic N) is 1. The molecule has 7 heteroatoms. The molecule has 2 heterocycles. The van der Waals surface area contributed by atoms with Crippen molar-refractivity contribution in [2.24, 2.45) is 0 Å². The quantitative estimate of drug-likeness (QED) is 0.704.